The number of aromatic nitrogens is 2. The third-order valence-corrected chi connectivity index (χ3v) is 6.25. The van der Waals surface area contributed by atoms with Crippen LogP contribution in [0, 0.1) is 6.92 Å². The lowest BCUT2D eigenvalue weighted by molar-refractivity contribution is 0.0789. The fraction of sp³-hybridized carbons (Fsp3) is 0.556. The van der Waals surface area contributed by atoms with E-state index < -0.39 is 0 Å². The second-order valence-electron chi connectivity index (χ2n) is 6.85. The van der Waals surface area contributed by atoms with Gasteiger partial charge in [0.15, 0.2) is 0 Å². The van der Waals surface area contributed by atoms with E-state index in [1.165, 1.54) is 23.3 Å². The van der Waals surface area contributed by atoms with Crippen LogP contribution in [0.15, 0.2) is 11.6 Å². The lowest BCUT2D eigenvalue weighted by Crippen LogP contribution is -2.29. The Bertz CT molecular complexity index is 746. The Balaban J connectivity index is 1.52. The van der Waals surface area contributed by atoms with Crippen LogP contribution in [-0.2, 0) is 19.9 Å². The van der Waals surface area contributed by atoms with Gasteiger partial charge in [-0.25, -0.2) is 4.98 Å². The van der Waals surface area contributed by atoms with E-state index in [-0.39, 0.29) is 5.91 Å². The molecule has 122 valence electrons. The van der Waals surface area contributed by atoms with E-state index >= 15 is 0 Å². The molecule has 1 aliphatic carbocycles. The van der Waals surface area contributed by atoms with Gasteiger partial charge in [0.05, 0.1) is 11.3 Å². The van der Waals surface area contributed by atoms with E-state index in [2.05, 4.69) is 28.2 Å². The zero-order chi connectivity index (χ0) is 16.0. The van der Waals surface area contributed by atoms with Crippen molar-refractivity contribution >= 4 is 17.2 Å². The molecule has 0 radical (unpaired) electrons. The second kappa shape index (κ2) is 5.78. The summed E-state index contributed by atoms with van der Waals surface area (Å²) in [6.45, 7) is 3.67. The third kappa shape index (κ3) is 2.61. The van der Waals surface area contributed by atoms with Gasteiger partial charge in [-0.05, 0) is 44.6 Å². The topological polar surface area (TPSA) is 38.1 Å². The van der Waals surface area contributed by atoms with Crippen LogP contribution >= 0.6 is 11.3 Å². The van der Waals surface area contributed by atoms with Crippen molar-refractivity contribution in [2.75, 3.05) is 13.1 Å². The van der Waals surface area contributed by atoms with Gasteiger partial charge in [-0.1, -0.05) is 0 Å². The SMILES string of the molecule is Cc1cn(C)c([C@H]2CCN(C(=O)c3csc4c3CCCC4)C2)n1. The summed E-state index contributed by atoms with van der Waals surface area (Å²) >= 11 is 1.78. The van der Waals surface area contributed by atoms with Crippen molar-refractivity contribution in [2.24, 2.45) is 7.05 Å². The molecule has 23 heavy (non-hydrogen) atoms. The van der Waals surface area contributed by atoms with Gasteiger partial charge < -0.3 is 9.47 Å². The minimum Gasteiger partial charge on any atom is -0.338 e. The minimum absolute atomic E-state index is 0.234. The number of thiophene rings is 1. The Morgan fingerprint density at radius 1 is 1.35 bits per heavy atom. The van der Waals surface area contributed by atoms with E-state index in [4.69, 9.17) is 0 Å². The summed E-state index contributed by atoms with van der Waals surface area (Å²) in [6.07, 6.45) is 7.81. The lowest BCUT2D eigenvalue weighted by Gasteiger charge is -2.18. The van der Waals surface area contributed by atoms with Crippen LogP contribution in [0.1, 0.15) is 57.5 Å². The first-order valence-corrected chi connectivity index (χ1v) is 9.40. The molecule has 1 saturated heterocycles. The van der Waals surface area contributed by atoms with E-state index in [0.717, 1.165) is 49.4 Å². The summed E-state index contributed by atoms with van der Waals surface area (Å²) < 4.78 is 2.11. The molecule has 0 unspecified atom stereocenters. The zero-order valence-corrected chi connectivity index (χ0v) is 14.7. The fourth-order valence-electron chi connectivity index (χ4n) is 4.01. The highest BCUT2D eigenvalue weighted by Gasteiger charge is 2.32. The largest absolute Gasteiger partial charge is 0.338 e. The molecule has 0 aromatic carbocycles. The first kappa shape index (κ1) is 14.9. The van der Waals surface area contributed by atoms with Gasteiger partial charge in [-0.15, -0.1) is 11.3 Å². The predicted octanol–water partition coefficient (Wildman–Crippen LogP) is 3.30. The van der Waals surface area contributed by atoms with Gasteiger partial charge in [-0.3, -0.25) is 4.79 Å². The summed E-state index contributed by atoms with van der Waals surface area (Å²) in [5, 5.41) is 2.09. The molecule has 2 aliphatic rings. The maximum atomic E-state index is 13.0. The number of imidazole rings is 1. The van der Waals surface area contributed by atoms with Gasteiger partial charge in [0.1, 0.15) is 5.82 Å². The highest BCUT2D eigenvalue weighted by atomic mass is 32.1. The molecule has 2 aromatic rings. The summed E-state index contributed by atoms with van der Waals surface area (Å²) in [6, 6.07) is 0. The predicted molar refractivity (Wildman–Crippen MR) is 92.2 cm³/mol. The summed E-state index contributed by atoms with van der Waals surface area (Å²) in [5.74, 6) is 1.72. The van der Waals surface area contributed by atoms with Crippen LogP contribution in [0.5, 0.6) is 0 Å². The van der Waals surface area contributed by atoms with Gasteiger partial charge in [0.2, 0.25) is 0 Å². The number of nitrogens with zero attached hydrogens (tertiary/aromatic N) is 3. The van der Waals surface area contributed by atoms with Crippen molar-refractivity contribution in [3.63, 3.8) is 0 Å². The van der Waals surface area contributed by atoms with Gasteiger partial charge in [0.25, 0.3) is 5.91 Å². The number of aryl methyl sites for hydroxylation is 3. The van der Waals surface area contributed by atoms with E-state index in [1.807, 2.05) is 11.8 Å². The molecule has 4 nitrogen and oxygen atoms in total. The van der Waals surface area contributed by atoms with Crippen molar-refractivity contribution < 1.29 is 4.79 Å². The number of fused-ring (bicyclic) bond motifs is 1. The Morgan fingerprint density at radius 3 is 2.96 bits per heavy atom. The normalized spacial score (nSPS) is 20.8. The highest BCUT2D eigenvalue weighted by molar-refractivity contribution is 7.10. The summed E-state index contributed by atoms with van der Waals surface area (Å²) in [7, 11) is 2.05. The molecule has 1 aliphatic heterocycles. The molecule has 3 heterocycles. The molecule has 0 N–H and O–H groups in total. The van der Waals surface area contributed by atoms with E-state index in [9.17, 15) is 4.79 Å². The molecule has 0 saturated carbocycles. The highest BCUT2D eigenvalue weighted by Crippen LogP contribution is 2.33. The first-order valence-electron chi connectivity index (χ1n) is 8.52. The Hall–Kier alpha value is -1.62. The molecule has 1 atom stereocenters. The molecule has 5 heteroatoms. The molecular formula is C18H23N3OS. The van der Waals surface area contributed by atoms with Crippen molar-refractivity contribution in [1.82, 2.24) is 14.5 Å². The van der Waals surface area contributed by atoms with Crippen molar-refractivity contribution in [3.05, 3.63) is 39.1 Å². The van der Waals surface area contributed by atoms with Crippen LogP contribution in [0.4, 0.5) is 0 Å². The number of rotatable bonds is 2. The quantitative estimate of drug-likeness (QED) is 0.848. The minimum atomic E-state index is 0.234. The lowest BCUT2D eigenvalue weighted by atomic mass is 9.95. The van der Waals surface area contributed by atoms with Crippen LogP contribution < -0.4 is 0 Å². The smallest absolute Gasteiger partial charge is 0.255 e. The van der Waals surface area contributed by atoms with Gasteiger partial charge >= 0.3 is 0 Å². The molecule has 1 fully saturated rings. The number of hydrogen-bond acceptors (Lipinski definition) is 3. The monoisotopic (exact) mass is 329 g/mol. The van der Waals surface area contributed by atoms with E-state index in [1.54, 1.807) is 11.3 Å². The maximum absolute atomic E-state index is 13.0. The third-order valence-electron chi connectivity index (χ3n) is 5.17. The van der Waals surface area contributed by atoms with Crippen LogP contribution in [0.25, 0.3) is 0 Å². The molecule has 1 amide bonds. The molecule has 4 rings (SSSR count). The number of carbonyl (C=O) groups excluding carboxylic acids is 1. The van der Waals surface area contributed by atoms with Crippen LogP contribution in [-0.4, -0.2) is 33.4 Å². The summed E-state index contributed by atoms with van der Waals surface area (Å²) in [5.41, 5.74) is 3.36. The van der Waals surface area contributed by atoms with Gasteiger partial charge in [-0.2, -0.15) is 0 Å². The fourth-order valence-corrected chi connectivity index (χ4v) is 5.13. The Labute approximate surface area is 141 Å². The second-order valence-corrected chi connectivity index (χ2v) is 7.81. The molecule has 2 aromatic heterocycles. The van der Waals surface area contributed by atoms with Crippen LogP contribution in [0.3, 0.4) is 0 Å². The van der Waals surface area contributed by atoms with E-state index in [0.29, 0.717) is 5.92 Å². The molecular weight excluding hydrogens is 306 g/mol. The van der Waals surface area contributed by atoms with Crippen molar-refractivity contribution in [3.8, 4) is 0 Å². The Kier molecular flexibility index (Phi) is 3.76. The van der Waals surface area contributed by atoms with Crippen molar-refractivity contribution in [1.29, 1.82) is 0 Å². The number of amides is 1. The zero-order valence-electron chi connectivity index (χ0n) is 13.8. The van der Waals surface area contributed by atoms with Crippen molar-refractivity contribution in [2.45, 2.75) is 44.9 Å². The standard InChI is InChI=1S/C18H23N3OS/c1-12-9-20(2)17(19-12)13-7-8-21(10-13)18(22)15-11-23-16-6-4-3-5-14(15)16/h9,11,13H,3-8,10H2,1-2H3/t13-/m0/s1. The molecule has 0 bridgehead atoms. The first-order chi connectivity index (χ1) is 11.1. The number of carbonyl (C=O) groups is 1. The summed E-state index contributed by atoms with van der Waals surface area (Å²) in [4.78, 5) is 21.1. The number of hydrogen-bond donors (Lipinski definition) is 0. The molecule has 0 spiro atoms. The number of likely N-dealkylation sites (tertiary alicyclic amines) is 1. The van der Waals surface area contributed by atoms with Crippen LogP contribution in [0.2, 0.25) is 0 Å². The van der Waals surface area contributed by atoms with Gasteiger partial charge in [0, 0.05) is 42.5 Å². The maximum Gasteiger partial charge on any atom is 0.255 e. The average molecular weight is 329 g/mol. The Morgan fingerprint density at radius 2 is 2.17 bits per heavy atom. The average Bonchev–Trinajstić information content (AvgIpc) is 3.24.